The van der Waals surface area contributed by atoms with E-state index in [9.17, 15) is 0 Å². The fourth-order valence-electron chi connectivity index (χ4n) is 2.94. The van der Waals surface area contributed by atoms with E-state index >= 15 is 0 Å². The van der Waals surface area contributed by atoms with Crippen LogP contribution in [-0.2, 0) is 12.8 Å². The molecule has 0 bridgehead atoms. The quantitative estimate of drug-likeness (QED) is 0.561. The minimum absolute atomic E-state index is 0.535. The van der Waals surface area contributed by atoms with Crippen molar-refractivity contribution in [3.63, 3.8) is 0 Å². The van der Waals surface area contributed by atoms with Crippen molar-refractivity contribution in [3.8, 4) is 0 Å². The Labute approximate surface area is 126 Å². The molecule has 0 aromatic heterocycles. The first kappa shape index (κ1) is 17.2. The van der Waals surface area contributed by atoms with E-state index in [2.05, 4.69) is 51.2 Å². The molecule has 114 valence electrons. The molecule has 0 spiro atoms. The lowest BCUT2D eigenvalue weighted by Gasteiger charge is -2.20. The number of hydrogen-bond acceptors (Lipinski definition) is 1. The normalized spacial score (nSPS) is 12.6. The van der Waals surface area contributed by atoms with Gasteiger partial charge in [-0.3, -0.25) is 0 Å². The van der Waals surface area contributed by atoms with Crippen molar-refractivity contribution in [1.29, 1.82) is 0 Å². The first-order chi connectivity index (χ1) is 9.76. The molecule has 1 N–H and O–H groups in total. The van der Waals surface area contributed by atoms with Gasteiger partial charge in [-0.15, -0.1) is 0 Å². The molecule has 0 radical (unpaired) electrons. The lowest BCUT2D eigenvalue weighted by molar-refractivity contribution is 0.481. The predicted octanol–water partition coefficient (Wildman–Crippen LogP) is 5.43. The standard InChI is InChI=1S/C19H33N/c1-5-9-10-11-12-19(20-8-4)18-14-13-16(6-2)17(7-3)15-18/h13-15,19-20H,5-12H2,1-4H3. The summed E-state index contributed by atoms with van der Waals surface area (Å²) in [4.78, 5) is 0. The second-order valence-electron chi connectivity index (χ2n) is 5.69. The molecule has 1 aromatic rings. The zero-order valence-electron chi connectivity index (χ0n) is 14.0. The van der Waals surface area contributed by atoms with Crippen molar-refractivity contribution in [2.45, 2.75) is 78.7 Å². The molecule has 1 heteroatoms. The third-order valence-corrected chi connectivity index (χ3v) is 4.19. The Balaban J connectivity index is 2.74. The van der Waals surface area contributed by atoms with E-state index in [0.717, 1.165) is 19.4 Å². The topological polar surface area (TPSA) is 12.0 Å². The van der Waals surface area contributed by atoms with Gasteiger partial charge in [0, 0.05) is 6.04 Å². The Bertz CT molecular complexity index is 370. The minimum atomic E-state index is 0.535. The Morgan fingerprint density at radius 1 is 0.900 bits per heavy atom. The molecule has 0 heterocycles. The number of rotatable bonds is 10. The van der Waals surface area contributed by atoms with E-state index in [-0.39, 0.29) is 0 Å². The molecule has 0 amide bonds. The van der Waals surface area contributed by atoms with Gasteiger partial charge >= 0.3 is 0 Å². The Morgan fingerprint density at radius 3 is 2.25 bits per heavy atom. The first-order valence-electron chi connectivity index (χ1n) is 8.61. The zero-order valence-corrected chi connectivity index (χ0v) is 14.0. The van der Waals surface area contributed by atoms with Gasteiger partial charge in [0.15, 0.2) is 0 Å². The van der Waals surface area contributed by atoms with E-state index in [1.54, 1.807) is 0 Å². The molecule has 0 fully saturated rings. The second kappa shape index (κ2) is 9.99. The van der Waals surface area contributed by atoms with E-state index < -0.39 is 0 Å². The maximum Gasteiger partial charge on any atom is 0.0320 e. The molecule has 1 rings (SSSR count). The van der Waals surface area contributed by atoms with Crippen LogP contribution in [0.25, 0.3) is 0 Å². The summed E-state index contributed by atoms with van der Waals surface area (Å²) in [6.45, 7) is 10.1. The van der Waals surface area contributed by atoms with Crippen LogP contribution < -0.4 is 5.32 Å². The summed E-state index contributed by atoms with van der Waals surface area (Å²) in [5.74, 6) is 0. The lowest BCUT2D eigenvalue weighted by atomic mass is 9.94. The third kappa shape index (κ3) is 5.28. The number of benzene rings is 1. The summed E-state index contributed by atoms with van der Waals surface area (Å²) < 4.78 is 0. The molecule has 1 unspecified atom stereocenters. The average Bonchev–Trinajstić information content (AvgIpc) is 2.49. The van der Waals surface area contributed by atoms with Gasteiger partial charge in [-0.25, -0.2) is 0 Å². The van der Waals surface area contributed by atoms with Gasteiger partial charge in [-0.2, -0.15) is 0 Å². The molecule has 0 aliphatic carbocycles. The van der Waals surface area contributed by atoms with Gasteiger partial charge < -0.3 is 5.32 Å². The molecular weight excluding hydrogens is 242 g/mol. The highest BCUT2D eigenvalue weighted by Crippen LogP contribution is 2.23. The summed E-state index contributed by atoms with van der Waals surface area (Å²) in [7, 11) is 0. The first-order valence-corrected chi connectivity index (χ1v) is 8.61. The van der Waals surface area contributed by atoms with Gasteiger partial charge in [0.2, 0.25) is 0 Å². The van der Waals surface area contributed by atoms with E-state index in [1.165, 1.54) is 48.8 Å². The summed E-state index contributed by atoms with van der Waals surface area (Å²) >= 11 is 0. The van der Waals surface area contributed by atoms with Crippen molar-refractivity contribution in [2.24, 2.45) is 0 Å². The molecule has 20 heavy (non-hydrogen) atoms. The fraction of sp³-hybridized carbons (Fsp3) is 0.684. The van der Waals surface area contributed by atoms with Crippen LogP contribution in [0.15, 0.2) is 18.2 Å². The molecule has 1 aromatic carbocycles. The van der Waals surface area contributed by atoms with Gasteiger partial charge in [-0.05, 0) is 42.5 Å². The van der Waals surface area contributed by atoms with Crippen LogP contribution >= 0.6 is 0 Å². The van der Waals surface area contributed by atoms with Crippen molar-refractivity contribution in [2.75, 3.05) is 6.54 Å². The summed E-state index contributed by atoms with van der Waals surface area (Å²) in [5.41, 5.74) is 4.52. The van der Waals surface area contributed by atoms with Crippen LogP contribution in [0.1, 0.15) is 82.5 Å². The van der Waals surface area contributed by atoms with Crippen LogP contribution in [0.3, 0.4) is 0 Å². The maximum absolute atomic E-state index is 3.66. The monoisotopic (exact) mass is 275 g/mol. The van der Waals surface area contributed by atoms with Crippen LogP contribution in [0, 0.1) is 0 Å². The van der Waals surface area contributed by atoms with Crippen molar-refractivity contribution in [3.05, 3.63) is 34.9 Å². The van der Waals surface area contributed by atoms with Crippen LogP contribution in [0.5, 0.6) is 0 Å². The summed E-state index contributed by atoms with van der Waals surface area (Å²) in [6, 6.07) is 7.65. The highest BCUT2D eigenvalue weighted by molar-refractivity contribution is 5.33. The van der Waals surface area contributed by atoms with E-state index in [1.807, 2.05) is 0 Å². The third-order valence-electron chi connectivity index (χ3n) is 4.19. The Kier molecular flexibility index (Phi) is 8.60. The minimum Gasteiger partial charge on any atom is -0.310 e. The van der Waals surface area contributed by atoms with Gasteiger partial charge in [-0.1, -0.05) is 71.6 Å². The van der Waals surface area contributed by atoms with Crippen molar-refractivity contribution in [1.82, 2.24) is 5.32 Å². The molecule has 0 aliphatic heterocycles. The van der Waals surface area contributed by atoms with Crippen LogP contribution in [0.2, 0.25) is 0 Å². The molecular formula is C19H33N. The maximum atomic E-state index is 3.66. The average molecular weight is 275 g/mol. The van der Waals surface area contributed by atoms with E-state index in [0.29, 0.717) is 6.04 Å². The largest absolute Gasteiger partial charge is 0.310 e. The highest BCUT2D eigenvalue weighted by atomic mass is 14.9. The highest BCUT2D eigenvalue weighted by Gasteiger charge is 2.11. The van der Waals surface area contributed by atoms with Gasteiger partial charge in [0.1, 0.15) is 0 Å². The Morgan fingerprint density at radius 2 is 1.65 bits per heavy atom. The van der Waals surface area contributed by atoms with Gasteiger partial charge in [0.05, 0.1) is 0 Å². The zero-order chi connectivity index (χ0) is 14.8. The van der Waals surface area contributed by atoms with Crippen molar-refractivity contribution < 1.29 is 0 Å². The fourth-order valence-corrected chi connectivity index (χ4v) is 2.94. The molecule has 1 atom stereocenters. The molecule has 0 saturated carbocycles. The molecule has 0 saturated heterocycles. The second-order valence-corrected chi connectivity index (χ2v) is 5.69. The number of unbranched alkanes of at least 4 members (excludes halogenated alkanes) is 3. The summed E-state index contributed by atoms with van der Waals surface area (Å²) in [5, 5.41) is 3.66. The smallest absolute Gasteiger partial charge is 0.0320 e. The van der Waals surface area contributed by atoms with Crippen molar-refractivity contribution >= 4 is 0 Å². The Hall–Kier alpha value is -0.820. The van der Waals surface area contributed by atoms with Gasteiger partial charge in [0.25, 0.3) is 0 Å². The number of hydrogen-bond donors (Lipinski definition) is 1. The van der Waals surface area contributed by atoms with Crippen LogP contribution in [0.4, 0.5) is 0 Å². The van der Waals surface area contributed by atoms with E-state index in [4.69, 9.17) is 0 Å². The number of aryl methyl sites for hydroxylation is 2. The lowest BCUT2D eigenvalue weighted by Crippen LogP contribution is -2.21. The SMILES string of the molecule is CCCCCCC(NCC)c1ccc(CC)c(CC)c1. The van der Waals surface area contributed by atoms with Crippen LogP contribution in [-0.4, -0.2) is 6.54 Å². The summed E-state index contributed by atoms with van der Waals surface area (Å²) in [6.07, 6.45) is 8.94. The number of nitrogens with one attached hydrogen (secondary N) is 1. The molecule has 1 nitrogen and oxygen atoms in total. The molecule has 0 aliphatic rings. The predicted molar refractivity (Wildman–Crippen MR) is 90.4 cm³/mol.